The van der Waals surface area contributed by atoms with Crippen LogP contribution < -0.4 is 0 Å². The summed E-state index contributed by atoms with van der Waals surface area (Å²) in [6, 6.07) is 0.950. The lowest BCUT2D eigenvalue weighted by molar-refractivity contribution is 0.342. The first-order valence-corrected chi connectivity index (χ1v) is 4.12. The Balaban J connectivity index is 3.00. The van der Waals surface area contributed by atoms with E-state index < -0.39 is 23.0 Å². The van der Waals surface area contributed by atoms with Gasteiger partial charge in [0.15, 0.2) is 5.58 Å². The Morgan fingerprint density at radius 2 is 1.85 bits per heavy atom. The molecule has 1 nitrogen and oxygen atoms in total. The molecule has 2 aromatic rings. The number of rotatable bonds is 0. The zero-order chi connectivity index (χ0) is 9.59. The molecule has 0 spiro atoms. The molecule has 0 bridgehead atoms. The van der Waals surface area contributed by atoms with Crippen LogP contribution in [0.15, 0.2) is 21.0 Å². The summed E-state index contributed by atoms with van der Waals surface area (Å²) in [5.41, 5.74) is -0.157. The Hall–Kier alpha value is -0.970. The van der Waals surface area contributed by atoms with Crippen LogP contribution >= 0.6 is 15.9 Å². The third kappa shape index (κ3) is 1.14. The normalized spacial score (nSPS) is 11.1. The SMILES string of the molecule is Fc1oc2c(Br)ccc(F)c2c1F. The van der Waals surface area contributed by atoms with E-state index in [0.29, 0.717) is 4.47 Å². The third-order valence-corrected chi connectivity index (χ3v) is 2.27. The minimum atomic E-state index is -1.40. The van der Waals surface area contributed by atoms with Crippen LogP contribution in [0.1, 0.15) is 0 Å². The van der Waals surface area contributed by atoms with Crippen molar-refractivity contribution in [2.75, 3.05) is 0 Å². The summed E-state index contributed by atoms with van der Waals surface area (Å²) in [5.74, 6) is -2.14. The van der Waals surface area contributed by atoms with Gasteiger partial charge in [-0.1, -0.05) is 0 Å². The van der Waals surface area contributed by atoms with Gasteiger partial charge in [-0.05, 0) is 28.1 Å². The molecule has 13 heavy (non-hydrogen) atoms. The number of fused-ring (bicyclic) bond motifs is 1. The van der Waals surface area contributed by atoms with Crippen molar-refractivity contribution < 1.29 is 17.6 Å². The van der Waals surface area contributed by atoms with Gasteiger partial charge in [0.25, 0.3) is 0 Å². The summed E-state index contributed by atoms with van der Waals surface area (Å²) in [4.78, 5) is 0. The van der Waals surface area contributed by atoms with Gasteiger partial charge in [0, 0.05) is 0 Å². The maximum Gasteiger partial charge on any atom is 0.315 e. The van der Waals surface area contributed by atoms with E-state index in [0.717, 1.165) is 6.07 Å². The lowest BCUT2D eigenvalue weighted by Gasteiger charge is -1.92. The lowest BCUT2D eigenvalue weighted by Crippen LogP contribution is -1.79. The second-order valence-corrected chi connectivity index (χ2v) is 3.28. The highest BCUT2D eigenvalue weighted by Crippen LogP contribution is 2.31. The van der Waals surface area contributed by atoms with Gasteiger partial charge in [-0.15, -0.1) is 0 Å². The molecule has 0 atom stereocenters. The third-order valence-electron chi connectivity index (χ3n) is 1.64. The molecule has 1 aromatic heterocycles. The molecular weight excluding hydrogens is 249 g/mol. The van der Waals surface area contributed by atoms with Crippen LogP contribution in [0, 0.1) is 17.6 Å². The van der Waals surface area contributed by atoms with E-state index in [1.165, 1.54) is 6.07 Å². The second-order valence-electron chi connectivity index (χ2n) is 2.42. The van der Waals surface area contributed by atoms with Crippen molar-refractivity contribution in [3.63, 3.8) is 0 Å². The molecule has 0 saturated heterocycles. The van der Waals surface area contributed by atoms with Crippen molar-refractivity contribution in [2.24, 2.45) is 0 Å². The van der Waals surface area contributed by atoms with Crippen LogP contribution in [0.5, 0.6) is 0 Å². The first kappa shape index (κ1) is 8.62. The van der Waals surface area contributed by atoms with Gasteiger partial charge in [0.05, 0.1) is 9.86 Å². The molecule has 0 N–H and O–H groups in total. The molecule has 1 aromatic carbocycles. The molecule has 0 radical (unpaired) electrons. The fraction of sp³-hybridized carbons (Fsp3) is 0. The predicted molar refractivity (Wildman–Crippen MR) is 43.8 cm³/mol. The number of benzene rings is 1. The number of furan rings is 1. The Bertz CT molecular complexity index is 478. The van der Waals surface area contributed by atoms with Crippen molar-refractivity contribution >= 4 is 26.9 Å². The minimum absolute atomic E-state index is 0.157. The standard InChI is InChI=1S/C8H2BrF3O/c9-3-1-2-4(10)5-6(11)8(12)13-7(3)5/h1-2H. The van der Waals surface area contributed by atoms with Crippen molar-refractivity contribution in [3.05, 3.63) is 34.3 Å². The average Bonchev–Trinajstić information content (AvgIpc) is 2.38. The molecule has 2 rings (SSSR count). The van der Waals surface area contributed by atoms with E-state index in [9.17, 15) is 13.2 Å². The summed E-state index contributed by atoms with van der Waals surface area (Å²) in [6.45, 7) is 0. The molecule has 0 saturated carbocycles. The Morgan fingerprint density at radius 1 is 1.15 bits per heavy atom. The molecule has 0 unspecified atom stereocenters. The summed E-state index contributed by atoms with van der Waals surface area (Å²) in [7, 11) is 0. The van der Waals surface area contributed by atoms with Gasteiger partial charge in [-0.2, -0.15) is 8.78 Å². The fourth-order valence-corrected chi connectivity index (χ4v) is 1.48. The predicted octanol–water partition coefficient (Wildman–Crippen LogP) is 3.61. The zero-order valence-electron chi connectivity index (χ0n) is 6.07. The maximum absolute atomic E-state index is 13.0. The molecule has 0 fully saturated rings. The van der Waals surface area contributed by atoms with E-state index in [2.05, 4.69) is 20.3 Å². The van der Waals surface area contributed by atoms with Crippen LogP contribution in [0.4, 0.5) is 13.2 Å². The van der Waals surface area contributed by atoms with E-state index in [-0.39, 0.29) is 5.58 Å². The second kappa shape index (κ2) is 2.77. The summed E-state index contributed by atoms with van der Waals surface area (Å²) < 4.78 is 43.1. The first-order chi connectivity index (χ1) is 6.11. The highest BCUT2D eigenvalue weighted by atomic mass is 79.9. The van der Waals surface area contributed by atoms with Gasteiger partial charge >= 0.3 is 6.01 Å². The van der Waals surface area contributed by atoms with Crippen molar-refractivity contribution in [1.82, 2.24) is 0 Å². The number of halogens is 4. The molecule has 0 amide bonds. The average molecular weight is 251 g/mol. The van der Waals surface area contributed by atoms with E-state index in [4.69, 9.17) is 0 Å². The molecular formula is C8H2BrF3O. The monoisotopic (exact) mass is 250 g/mol. The molecule has 5 heteroatoms. The Kier molecular flexibility index (Phi) is 1.83. The summed E-state index contributed by atoms with van der Waals surface area (Å²) >= 11 is 2.98. The van der Waals surface area contributed by atoms with E-state index in [1.54, 1.807) is 0 Å². The van der Waals surface area contributed by atoms with Gasteiger partial charge < -0.3 is 4.42 Å². The molecule has 1 heterocycles. The van der Waals surface area contributed by atoms with Crippen molar-refractivity contribution in [3.8, 4) is 0 Å². The molecule has 0 aliphatic carbocycles. The first-order valence-electron chi connectivity index (χ1n) is 3.32. The van der Waals surface area contributed by atoms with Gasteiger partial charge in [0.2, 0.25) is 5.82 Å². The van der Waals surface area contributed by atoms with Crippen LogP contribution in [0.2, 0.25) is 0 Å². The fourth-order valence-electron chi connectivity index (χ4n) is 1.07. The van der Waals surface area contributed by atoms with Crippen LogP contribution in [-0.2, 0) is 0 Å². The van der Waals surface area contributed by atoms with Gasteiger partial charge in [-0.25, -0.2) is 4.39 Å². The minimum Gasteiger partial charge on any atom is -0.427 e. The maximum atomic E-state index is 13.0. The number of hydrogen-bond acceptors (Lipinski definition) is 1. The van der Waals surface area contributed by atoms with Crippen molar-refractivity contribution in [1.29, 1.82) is 0 Å². The largest absolute Gasteiger partial charge is 0.427 e. The Morgan fingerprint density at radius 3 is 2.46 bits per heavy atom. The summed E-state index contributed by atoms with van der Waals surface area (Å²) in [5, 5.41) is -0.466. The summed E-state index contributed by atoms with van der Waals surface area (Å²) in [6.07, 6.45) is 0. The highest BCUT2D eigenvalue weighted by Gasteiger charge is 2.19. The highest BCUT2D eigenvalue weighted by molar-refractivity contribution is 9.10. The number of hydrogen-bond donors (Lipinski definition) is 0. The smallest absolute Gasteiger partial charge is 0.315 e. The molecule has 68 valence electrons. The van der Waals surface area contributed by atoms with Crippen LogP contribution in [-0.4, -0.2) is 0 Å². The quantitative estimate of drug-likeness (QED) is 0.696. The zero-order valence-corrected chi connectivity index (χ0v) is 7.66. The van der Waals surface area contributed by atoms with E-state index >= 15 is 0 Å². The van der Waals surface area contributed by atoms with Crippen LogP contribution in [0.25, 0.3) is 11.0 Å². The topological polar surface area (TPSA) is 13.1 Å². The lowest BCUT2D eigenvalue weighted by atomic mass is 10.2. The molecule has 0 aliphatic heterocycles. The van der Waals surface area contributed by atoms with Crippen LogP contribution in [0.3, 0.4) is 0 Å². The van der Waals surface area contributed by atoms with Gasteiger partial charge in [0.1, 0.15) is 5.82 Å². The van der Waals surface area contributed by atoms with Gasteiger partial charge in [-0.3, -0.25) is 0 Å². The van der Waals surface area contributed by atoms with E-state index in [1.807, 2.05) is 0 Å². The molecule has 0 aliphatic rings. The Labute approximate surface area is 79.3 Å². The van der Waals surface area contributed by atoms with Crippen molar-refractivity contribution in [2.45, 2.75) is 0 Å².